The largest absolute Gasteiger partial charge is 0.390 e. The Morgan fingerprint density at radius 2 is 1.88 bits per heavy atom. The Hall–Kier alpha value is -1.18. The van der Waals surface area contributed by atoms with Crippen LogP contribution in [0.25, 0.3) is 0 Å². The second-order valence-corrected chi connectivity index (χ2v) is 7.69. The number of hydrogen-bond acceptors (Lipinski definition) is 5. The molecule has 8 heteroatoms. The highest BCUT2D eigenvalue weighted by Gasteiger charge is 2.52. The van der Waals surface area contributed by atoms with Crippen LogP contribution in [0.2, 0.25) is 0 Å². The van der Waals surface area contributed by atoms with E-state index in [9.17, 15) is 5.11 Å². The summed E-state index contributed by atoms with van der Waals surface area (Å²) in [6.07, 6.45) is 3.24. The Morgan fingerprint density at radius 1 is 1.23 bits per heavy atom. The lowest BCUT2D eigenvalue weighted by Gasteiger charge is -2.38. The van der Waals surface area contributed by atoms with E-state index in [1.165, 1.54) is 5.56 Å². The molecule has 1 aliphatic heterocycles. The van der Waals surface area contributed by atoms with E-state index >= 15 is 0 Å². The molecule has 0 saturated carbocycles. The van der Waals surface area contributed by atoms with Crippen molar-refractivity contribution in [3.8, 4) is 0 Å². The number of nitrogens with one attached hydrogen (secondary N) is 1. The number of nitrogens with two attached hydrogens (primary N) is 1. The molecule has 0 radical (unpaired) electrons. The number of aromatic nitrogens is 3. The quantitative estimate of drug-likeness (QED) is 0.717. The number of rotatable bonds is 2. The monoisotopic (exact) mass is 399 g/mol. The fourth-order valence-corrected chi connectivity index (χ4v) is 4.27. The van der Waals surface area contributed by atoms with Crippen LogP contribution in [0.5, 0.6) is 0 Å². The first kappa shape index (κ1) is 21.1. The second-order valence-electron chi connectivity index (χ2n) is 7.69. The third-order valence-electron chi connectivity index (χ3n) is 5.63. The maximum absolute atomic E-state index is 11.3. The van der Waals surface area contributed by atoms with Crippen LogP contribution in [0.4, 0.5) is 0 Å². The molecule has 0 bridgehead atoms. The van der Waals surface area contributed by atoms with E-state index in [1.54, 1.807) is 4.68 Å². The van der Waals surface area contributed by atoms with E-state index in [4.69, 9.17) is 5.73 Å². The van der Waals surface area contributed by atoms with Crippen molar-refractivity contribution in [1.29, 1.82) is 0 Å². The Labute approximate surface area is 166 Å². The van der Waals surface area contributed by atoms with Crippen molar-refractivity contribution >= 4 is 24.8 Å². The van der Waals surface area contributed by atoms with Crippen LogP contribution in [0.15, 0.2) is 30.5 Å². The van der Waals surface area contributed by atoms with Gasteiger partial charge in [-0.2, -0.15) is 0 Å². The summed E-state index contributed by atoms with van der Waals surface area (Å²) in [5.74, 6) is 0. The molecule has 144 valence electrons. The predicted octanol–water partition coefficient (Wildman–Crippen LogP) is 1.90. The van der Waals surface area contributed by atoms with Crippen LogP contribution in [0, 0.1) is 0 Å². The molecule has 2 heterocycles. The summed E-state index contributed by atoms with van der Waals surface area (Å²) in [5, 5.41) is 23.2. The molecule has 6 nitrogen and oxygen atoms in total. The molecule has 4 N–H and O–H groups in total. The molecule has 0 amide bonds. The van der Waals surface area contributed by atoms with Gasteiger partial charge >= 0.3 is 0 Å². The molecule has 1 aromatic carbocycles. The number of aliphatic hydroxyl groups is 1. The number of piperidine rings is 1. The minimum absolute atomic E-state index is 0. The third kappa shape index (κ3) is 3.14. The Balaban J connectivity index is 0.00000121. The van der Waals surface area contributed by atoms with Crippen molar-refractivity contribution in [2.24, 2.45) is 5.73 Å². The molecular formula is C18H27Cl2N5O. The van der Waals surface area contributed by atoms with Crippen molar-refractivity contribution in [2.75, 3.05) is 13.1 Å². The maximum atomic E-state index is 11.3. The van der Waals surface area contributed by atoms with Gasteiger partial charge in [0.15, 0.2) is 0 Å². The van der Waals surface area contributed by atoms with Gasteiger partial charge in [0, 0.05) is 5.41 Å². The minimum atomic E-state index is -0.548. The molecule has 2 atom stereocenters. The van der Waals surface area contributed by atoms with Gasteiger partial charge in [0.05, 0.1) is 17.8 Å². The van der Waals surface area contributed by atoms with Gasteiger partial charge in [-0.05, 0) is 50.9 Å². The fraction of sp³-hybridized carbons (Fsp3) is 0.556. The molecule has 1 spiro atoms. The average molecular weight is 400 g/mol. The van der Waals surface area contributed by atoms with Gasteiger partial charge in [-0.15, -0.1) is 29.9 Å². The fourth-order valence-electron chi connectivity index (χ4n) is 4.27. The van der Waals surface area contributed by atoms with Crippen molar-refractivity contribution in [2.45, 2.75) is 49.8 Å². The predicted molar refractivity (Wildman–Crippen MR) is 106 cm³/mol. The number of fused-ring (bicyclic) bond motifs is 2. The lowest BCUT2D eigenvalue weighted by atomic mass is 9.72. The standard InChI is InChI=1S/C18H25N5O.2ClH/c1-17(2,19)14-11-23(22-21-14)15-12-5-3-4-6-13(12)18(16(15)24)7-9-20-10-8-18;;/h3-6,11,15-16,20,24H,7-10,19H2,1-2H3;2*1H/t15-,16+;;/m1../s1. The Morgan fingerprint density at radius 3 is 2.50 bits per heavy atom. The average Bonchev–Trinajstić information content (AvgIpc) is 3.13. The highest BCUT2D eigenvalue weighted by Crippen LogP contribution is 2.51. The number of aliphatic hydroxyl groups excluding tert-OH is 1. The summed E-state index contributed by atoms with van der Waals surface area (Å²) >= 11 is 0. The van der Waals surface area contributed by atoms with Gasteiger partial charge in [0.1, 0.15) is 11.7 Å². The first-order valence-corrected chi connectivity index (χ1v) is 8.63. The maximum Gasteiger partial charge on any atom is 0.106 e. The van der Waals surface area contributed by atoms with Crippen molar-refractivity contribution in [3.05, 3.63) is 47.3 Å². The van der Waals surface area contributed by atoms with Gasteiger partial charge in [-0.3, -0.25) is 0 Å². The van der Waals surface area contributed by atoms with Crippen LogP contribution >= 0.6 is 24.8 Å². The number of benzene rings is 1. The molecule has 4 rings (SSSR count). The van der Waals surface area contributed by atoms with E-state index in [0.717, 1.165) is 37.2 Å². The number of hydrogen-bond donors (Lipinski definition) is 3. The van der Waals surface area contributed by atoms with E-state index in [1.807, 2.05) is 26.1 Å². The molecule has 1 aromatic heterocycles. The highest BCUT2D eigenvalue weighted by atomic mass is 35.5. The zero-order chi connectivity index (χ0) is 16.9. The molecular weight excluding hydrogens is 373 g/mol. The van der Waals surface area contributed by atoms with Gasteiger partial charge in [0.2, 0.25) is 0 Å². The van der Waals surface area contributed by atoms with Crippen molar-refractivity contribution < 1.29 is 5.11 Å². The first-order valence-electron chi connectivity index (χ1n) is 8.63. The van der Waals surface area contributed by atoms with Gasteiger partial charge in [-0.1, -0.05) is 29.5 Å². The first-order chi connectivity index (χ1) is 11.4. The Bertz CT molecular complexity index is 752. The molecule has 2 aromatic rings. The number of nitrogens with zero attached hydrogens (tertiary/aromatic N) is 3. The summed E-state index contributed by atoms with van der Waals surface area (Å²) in [5.41, 5.74) is 8.55. The summed E-state index contributed by atoms with van der Waals surface area (Å²) in [6.45, 7) is 5.68. The lowest BCUT2D eigenvalue weighted by molar-refractivity contribution is 0.0421. The summed E-state index contributed by atoms with van der Waals surface area (Å²) < 4.78 is 1.80. The van der Waals surface area contributed by atoms with Crippen LogP contribution in [0.1, 0.15) is 49.6 Å². The summed E-state index contributed by atoms with van der Waals surface area (Å²) in [7, 11) is 0. The minimum Gasteiger partial charge on any atom is -0.390 e. The van der Waals surface area contributed by atoms with E-state index in [-0.39, 0.29) is 36.3 Å². The van der Waals surface area contributed by atoms with Crippen molar-refractivity contribution in [1.82, 2.24) is 20.3 Å². The summed E-state index contributed by atoms with van der Waals surface area (Å²) in [6, 6.07) is 8.16. The topological polar surface area (TPSA) is 89.0 Å². The van der Waals surface area contributed by atoms with Crippen molar-refractivity contribution in [3.63, 3.8) is 0 Å². The second kappa shape index (κ2) is 7.44. The summed E-state index contributed by atoms with van der Waals surface area (Å²) in [4.78, 5) is 0. The highest BCUT2D eigenvalue weighted by molar-refractivity contribution is 5.85. The molecule has 0 unspecified atom stereocenters. The normalized spacial score (nSPS) is 23.8. The number of halogens is 2. The molecule has 2 aliphatic rings. The zero-order valence-electron chi connectivity index (χ0n) is 15.1. The van der Waals surface area contributed by atoms with Gasteiger partial charge < -0.3 is 16.2 Å². The van der Waals surface area contributed by atoms with Crippen LogP contribution < -0.4 is 11.1 Å². The van der Waals surface area contributed by atoms with E-state index in [0.29, 0.717) is 0 Å². The molecule has 26 heavy (non-hydrogen) atoms. The van der Waals surface area contributed by atoms with Gasteiger partial charge in [-0.25, -0.2) is 4.68 Å². The van der Waals surface area contributed by atoms with Crippen LogP contribution in [-0.2, 0) is 11.0 Å². The molecule has 1 aliphatic carbocycles. The SMILES string of the molecule is CC(C)(N)c1cn([C@@H]2c3ccccc3C3(CCNCC3)[C@H]2O)nn1.Cl.Cl. The Kier molecular flexibility index (Phi) is 6.05. The van der Waals surface area contributed by atoms with E-state index in [2.05, 4.69) is 33.8 Å². The zero-order valence-corrected chi connectivity index (χ0v) is 16.7. The van der Waals surface area contributed by atoms with Crippen LogP contribution in [0.3, 0.4) is 0 Å². The molecule has 1 fully saturated rings. The smallest absolute Gasteiger partial charge is 0.106 e. The van der Waals surface area contributed by atoms with E-state index < -0.39 is 11.6 Å². The lowest BCUT2D eigenvalue weighted by Crippen LogP contribution is -2.47. The third-order valence-corrected chi connectivity index (χ3v) is 5.63. The van der Waals surface area contributed by atoms with Crippen LogP contribution in [-0.4, -0.2) is 39.3 Å². The molecule has 1 saturated heterocycles. The van der Waals surface area contributed by atoms with Gasteiger partial charge in [0.25, 0.3) is 0 Å².